The SMILES string of the molecule is Cc1cc(C#N)ccc1C(=O)N1CC[C@H](N(C)Cc2cc(=O)[nH]c(N)n2)C1. The van der Waals surface area contributed by atoms with Gasteiger partial charge in [-0.15, -0.1) is 0 Å². The van der Waals surface area contributed by atoms with Crippen LogP contribution in [0.2, 0.25) is 0 Å². The molecule has 1 aromatic carbocycles. The molecule has 0 bridgehead atoms. The number of aryl methyl sites for hydroxylation is 1. The van der Waals surface area contributed by atoms with E-state index >= 15 is 0 Å². The number of nitrogens with one attached hydrogen (secondary N) is 1. The van der Waals surface area contributed by atoms with Crippen LogP contribution in [0.15, 0.2) is 29.1 Å². The van der Waals surface area contributed by atoms with Gasteiger partial charge in [0.05, 0.1) is 17.3 Å². The van der Waals surface area contributed by atoms with Crippen LogP contribution in [0.3, 0.4) is 0 Å². The van der Waals surface area contributed by atoms with Gasteiger partial charge in [-0.1, -0.05) is 0 Å². The predicted octanol–water partition coefficient (Wildman–Crippen LogP) is 0.879. The summed E-state index contributed by atoms with van der Waals surface area (Å²) in [5.41, 5.74) is 7.90. The number of rotatable bonds is 4. The number of H-pyrrole nitrogens is 1. The zero-order valence-electron chi connectivity index (χ0n) is 15.4. The molecule has 1 saturated heterocycles. The molecular formula is C19H22N6O2. The third-order valence-corrected chi connectivity index (χ3v) is 4.88. The zero-order chi connectivity index (χ0) is 19.6. The van der Waals surface area contributed by atoms with E-state index in [0.717, 1.165) is 12.0 Å². The van der Waals surface area contributed by atoms with Crippen LogP contribution in [-0.2, 0) is 6.54 Å². The molecule has 0 radical (unpaired) electrons. The Morgan fingerprint density at radius 2 is 2.26 bits per heavy atom. The number of carbonyl (C=O) groups is 1. The average Bonchev–Trinajstić information content (AvgIpc) is 3.10. The fourth-order valence-electron chi connectivity index (χ4n) is 3.42. The van der Waals surface area contributed by atoms with Crippen molar-refractivity contribution in [2.75, 3.05) is 25.9 Å². The van der Waals surface area contributed by atoms with Crippen LogP contribution in [0, 0.1) is 18.3 Å². The number of likely N-dealkylation sites (tertiary alicyclic amines) is 1. The minimum Gasteiger partial charge on any atom is -0.369 e. The number of nitriles is 1. The molecule has 8 nitrogen and oxygen atoms in total. The molecule has 1 atom stereocenters. The first-order valence-corrected chi connectivity index (χ1v) is 8.73. The van der Waals surface area contributed by atoms with Crippen LogP contribution >= 0.6 is 0 Å². The summed E-state index contributed by atoms with van der Waals surface area (Å²) < 4.78 is 0. The van der Waals surface area contributed by atoms with Crippen molar-refractivity contribution in [1.29, 1.82) is 5.26 Å². The molecule has 3 rings (SSSR count). The van der Waals surface area contributed by atoms with E-state index in [4.69, 9.17) is 11.0 Å². The van der Waals surface area contributed by atoms with Crippen molar-refractivity contribution < 1.29 is 4.79 Å². The highest BCUT2D eigenvalue weighted by Gasteiger charge is 2.30. The van der Waals surface area contributed by atoms with Gasteiger partial charge in [0.2, 0.25) is 5.95 Å². The van der Waals surface area contributed by atoms with E-state index < -0.39 is 0 Å². The number of amides is 1. The Morgan fingerprint density at radius 3 is 2.93 bits per heavy atom. The highest BCUT2D eigenvalue weighted by Crippen LogP contribution is 2.20. The number of anilines is 1. The van der Waals surface area contributed by atoms with Crippen LogP contribution in [0.1, 0.15) is 33.6 Å². The molecule has 0 aliphatic carbocycles. The molecule has 0 spiro atoms. The largest absolute Gasteiger partial charge is 0.369 e. The third kappa shape index (κ3) is 4.15. The summed E-state index contributed by atoms with van der Waals surface area (Å²) in [7, 11) is 1.95. The number of nitrogens with two attached hydrogens (primary N) is 1. The van der Waals surface area contributed by atoms with E-state index in [1.165, 1.54) is 6.07 Å². The highest BCUT2D eigenvalue weighted by molar-refractivity contribution is 5.96. The van der Waals surface area contributed by atoms with Gasteiger partial charge >= 0.3 is 0 Å². The van der Waals surface area contributed by atoms with E-state index in [1.54, 1.807) is 18.2 Å². The molecule has 1 fully saturated rings. The van der Waals surface area contributed by atoms with Crippen molar-refractivity contribution >= 4 is 11.9 Å². The van der Waals surface area contributed by atoms with Gasteiger partial charge in [-0.05, 0) is 44.2 Å². The number of aromatic nitrogens is 2. The van der Waals surface area contributed by atoms with Crippen LogP contribution < -0.4 is 11.3 Å². The molecule has 0 saturated carbocycles. The number of aromatic amines is 1. The van der Waals surface area contributed by atoms with Gasteiger partial charge in [-0.3, -0.25) is 19.5 Å². The summed E-state index contributed by atoms with van der Waals surface area (Å²) in [6.45, 7) is 3.60. The van der Waals surface area contributed by atoms with Gasteiger partial charge in [0.25, 0.3) is 11.5 Å². The fourth-order valence-corrected chi connectivity index (χ4v) is 3.42. The standard InChI is InChI=1S/C19H22N6O2/c1-12-7-13(9-20)3-4-16(12)18(27)25-6-5-15(11-25)24(2)10-14-8-17(26)23-19(21)22-14/h3-4,7-8,15H,5-6,10-11H2,1-2H3,(H3,21,22,23,26)/t15-/m0/s1. The van der Waals surface area contributed by atoms with Crippen molar-refractivity contribution in [2.45, 2.75) is 25.9 Å². The maximum atomic E-state index is 12.8. The lowest BCUT2D eigenvalue weighted by Crippen LogP contribution is -2.36. The Kier molecular flexibility index (Phi) is 5.23. The van der Waals surface area contributed by atoms with E-state index in [9.17, 15) is 9.59 Å². The van der Waals surface area contributed by atoms with Gasteiger partial charge in [-0.2, -0.15) is 5.26 Å². The van der Waals surface area contributed by atoms with Gasteiger partial charge in [-0.25, -0.2) is 4.98 Å². The van der Waals surface area contributed by atoms with E-state index in [2.05, 4.69) is 20.9 Å². The van der Waals surface area contributed by atoms with Gasteiger partial charge < -0.3 is 10.6 Å². The van der Waals surface area contributed by atoms with Crippen LogP contribution in [0.5, 0.6) is 0 Å². The first-order chi connectivity index (χ1) is 12.9. The minimum absolute atomic E-state index is 0.0218. The topological polar surface area (TPSA) is 119 Å². The second kappa shape index (κ2) is 7.60. The van der Waals surface area contributed by atoms with Crippen LogP contribution in [0.25, 0.3) is 0 Å². The zero-order valence-corrected chi connectivity index (χ0v) is 15.4. The normalized spacial score (nSPS) is 16.5. The summed E-state index contributed by atoms with van der Waals surface area (Å²) >= 11 is 0. The Labute approximate surface area is 157 Å². The Hall–Kier alpha value is -3.18. The van der Waals surface area contributed by atoms with Crippen molar-refractivity contribution in [2.24, 2.45) is 0 Å². The summed E-state index contributed by atoms with van der Waals surface area (Å²) in [4.78, 5) is 34.8. The summed E-state index contributed by atoms with van der Waals surface area (Å²) in [6.07, 6.45) is 0.843. The Bertz CT molecular complexity index is 961. The molecule has 3 N–H and O–H groups in total. The molecule has 1 aliphatic heterocycles. The summed E-state index contributed by atoms with van der Waals surface area (Å²) in [6, 6.07) is 8.82. The Balaban J connectivity index is 1.66. The second-order valence-corrected chi connectivity index (χ2v) is 6.87. The molecule has 1 aliphatic rings. The molecule has 1 aromatic heterocycles. The number of nitrogens with zero attached hydrogens (tertiary/aromatic N) is 4. The summed E-state index contributed by atoms with van der Waals surface area (Å²) in [5, 5.41) is 8.97. The average molecular weight is 366 g/mol. The van der Waals surface area contributed by atoms with Crippen molar-refractivity contribution in [3.05, 3.63) is 57.0 Å². The van der Waals surface area contributed by atoms with Gasteiger partial charge in [0, 0.05) is 37.3 Å². The molecule has 140 valence electrons. The van der Waals surface area contributed by atoms with Crippen LogP contribution in [-0.4, -0.2) is 51.9 Å². The predicted molar refractivity (Wildman–Crippen MR) is 101 cm³/mol. The highest BCUT2D eigenvalue weighted by atomic mass is 16.2. The number of benzene rings is 1. The fraction of sp³-hybridized carbons (Fsp3) is 0.368. The minimum atomic E-state index is -0.273. The molecule has 0 unspecified atom stereocenters. The number of likely N-dealkylation sites (N-methyl/N-ethyl adjacent to an activating group) is 1. The first-order valence-electron chi connectivity index (χ1n) is 8.73. The van der Waals surface area contributed by atoms with E-state index in [0.29, 0.717) is 36.5 Å². The number of nitrogen functional groups attached to an aromatic ring is 1. The summed E-state index contributed by atoms with van der Waals surface area (Å²) in [5.74, 6) is 0.0804. The molecule has 2 heterocycles. The Morgan fingerprint density at radius 1 is 1.48 bits per heavy atom. The molecule has 27 heavy (non-hydrogen) atoms. The quantitative estimate of drug-likeness (QED) is 0.829. The van der Waals surface area contributed by atoms with Crippen molar-refractivity contribution in [1.82, 2.24) is 19.8 Å². The van der Waals surface area contributed by atoms with Gasteiger partial charge in [0.15, 0.2) is 0 Å². The molecule has 8 heteroatoms. The number of carbonyl (C=O) groups excluding carboxylic acids is 1. The maximum Gasteiger partial charge on any atom is 0.254 e. The number of hydrogen-bond donors (Lipinski definition) is 2. The molecular weight excluding hydrogens is 344 g/mol. The monoisotopic (exact) mass is 366 g/mol. The third-order valence-electron chi connectivity index (χ3n) is 4.88. The molecule has 2 aromatic rings. The second-order valence-electron chi connectivity index (χ2n) is 6.87. The molecule has 1 amide bonds. The first kappa shape index (κ1) is 18.6. The van der Waals surface area contributed by atoms with E-state index in [1.807, 2.05) is 18.9 Å². The van der Waals surface area contributed by atoms with E-state index in [-0.39, 0.29) is 23.5 Å². The lowest BCUT2D eigenvalue weighted by atomic mass is 10.0. The van der Waals surface area contributed by atoms with Gasteiger partial charge in [0.1, 0.15) is 0 Å². The van der Waals surface area contributed by atoms with Crippen LogP contribution in [0.4, 0.5) is 5.95 Å². The lowest BCUT2D eigenvalue weighted by molar-refractivity contribution is 0.0778. The lowest BCUT2D eigenvalue weighted by Gasteiger charge is -2.24. The van der Waals surface area contributed by atoms with Crippen molar-refractivity contribution in [3.63, 3.8) is 0 Å². The van der Waals surface area contributed by atoms with Crippen molar-refractivity contribution in [3.8, 4) is 6.07 Å². The maximum absolute atomic E-state index is 12.8. The smallest absolute Gasteiger partial charge is 0.254 e. The number of hydrogen-bond acceptors (Lipinski definition) is 6.